The number of carbonyl (C=O) groups excluding carboxylic acids is 1. The Morgan fingerprint density at radius 2 is 1.86 bits per heavy atom. The molecule has 6 rings (SSSR count). The van der Waals surface area contributed by atoms with E-state index in [4.69, 9.17) is 9.97 Å². The molecule has 0 N–H and O–H groups in total. The van der Waals surface area contributed by atoms with Gasteiger partial charge in [-0.2, -0.15) is 5.26 Å². The molecule has 0 fully saturated rings. The number of hydrogen-bond donors (Lipinski definition) is 0. The lowest BCUT2D eigenvalue weighted by Gasteiger charge is -2.45. The number of benzene rings is 2. The van der Waals surface area contributed by atoms with Crippen LogP contribution in [0, 0.1) is 29.0 Å². The van der Waals surface area contributed by atoms with Crippen LogP contribution in [0.1, 0.15) is 31.5 Å². The van der Waals surface area contributed by atoms with Gasteiger partial charge in [-0.05, 0) is 43.0 Å². The molecule has 0 bridgehead atoms. The van der Waals surface area contributed by atoms with Gasteiger partial charge >= 0.3 is 0 Å². The lowest BCUT2D eigenvalue weighted by Crippen LogP contribution is -2.46. The molecule has 2 aromatic carbocycles. The van der Waals surface area contributed by atoms with Gasteiger partial charge in [0.1, 0.15) is 11.9 Å². The molecule has 0 saturated carbocycles. The number of pyridine rings is 1. The number of halogens is 1. The first kappa shape index (κ1) is 22.2. The molecule has 0 aliphatic heterocycles. The average Bonchev–Trinajstić information content (AvgIpc) is 2.90. The summed E-state index contributed by atoms with van der Waals surface area (Å²) in [5.41, 5.74) is 3.73. The zero-order chi connectivity index (χ0) is 25.0. The number of carbonyl (C=O) groups is 1. The van der Waals surface area contributed by atoms with Gasteiger partial charge in [0, 0.05) is 39.6 Å². The molecule has 0 saturated heterocycles. The van der Waals surface area contributed by atoms with E-state index in [1.165, 1.54) is 6.07 Å². The van der Waals surface area contributed by atoms with Gasteiger partial charge in [0.25, 0.3) is 0 Å². The van der Waals surface area contributed by atoms with Crippen LogP contribution >= 0.6 is 0 Å². The normalized spacial score (nSPS) is 22.9. The van der Waals surface area contributed by atoms with E-state index in [0.717, 1.165) is 34.1 Å². The summed E-state index contributed by atoms with van der Waals surface area (Å²) in [6.45, 7) is 3.94. The second-order valence-corrected chi connectivity index (χ2v) is 9.83. The second kappa shape index (κ2) is 8.17. The zero-order valence-electron chi connectivity index (χ0n) is 20.0. The molecule has 0 radical (unpaired) electrons. The highest BCUT2D eigenvalue weighted by Crippen LogP contribution is 2.51. The second-order valence-electron chi connectivity index (χ2n) is 9.83. The highest BCUT2D eigenvalue weighted by Gasteiger charge is 2.49. The van der Waals surface area contributed by atoms with E-state index in [0.29, 0.717) is 23.5 Å². The molecule has 5 nitrogen and oxygen atoms in total. The van der Waals surface area contributed by atoms with Crippen molar-refractivity contribution in [1.82, 2.24) is 15.0 Å². The minimum Gasteiger partial charge on any atom is -0.293 e. The number of Topliss-reactive ketones (excluding diaryl/α,β-unsaturated/α-hetero) is 1. The Hall–Kier alpha value is -4.24. The fourth-order valence-corrected chi connectivity index (χ4v) is 6.07. The minimum atomic E-state index is -0.660. The van der Waals surface area contributed by atoms with Crippen LogP contribution in [0.4, 0.5) is 4.39 Å². The Labute approximate surface area is 208 Å². The molecule has 2 aliphatic rings. The lowest BCUT2D eigenvalue weighted by atomic mass is 9.57. The summed E-state index contributed by atoms with van der Waals surface area (Å²) in [4.78, 5) is 27.4. The fourth-order valence-electron chi connectivity index (χ4n) is 6.07. The van der Waals surface area contributed by atoms with Crippen molar-refractivity contribution in [2.45, 2.75) is 32.1 Å². The maximum atomic E-state index is 15.1. The monoisotopic (exact) mass is 474 g/mol. The largest absolute Gasteiger partial charge is 0.293 e. The maximum Gasteiger partial charge on any atom is 0.176 e. The first-order valence-electron chi connectivity index (χ1n) is 12.1. The van der Waals surface area contributed by atoms with Crippen LogP contribution in [0.25, 0.3) is 33.5 Å². The lowest BCUT2D eigenvalue weighted by molar-refractivity contribution is -0.121. The standard InChI is InChI=1S/C30H23FN4O/c1-17-23-13-12-22-26(21-7-3-4-10-24(21)31)34-29(20-8-5-11-25-19(20)9-6-14-33-25)35-28(22)30(23,2)15-18(16-32)27(17)36/h3-11,14-15,17,23H,12-13H2,1-2H3/t17-,23-,30-/m1/s1. The Kier molecular flexibility index (Phi) is 5.04. The third kappa shape index (κ3) is 3.20. The van der Waals surface area contributed by atoms with Crippen molar-refractivity contribution in [3.05, 3.63) is 89.5 Å². The molecule has 176 valence electrons. The summed E-state index contributed by atoms with van der Waals surface area (Å²) >= 11 is 0. The van der Waals surface area contributed by atoms with E-state index in [-0.39, 0.29) is 29.0 Å². The van der Waals surface area contributed by atoms with Crippen LogP contribution < -0.4 is 0 Å². The molecule has 6 heteroatoms. The van der Waals surface area contributed by atoms with E-state index in [1.807, 2.05) is 44.2 Å². The van der Waals surface area contributed by atoms with Gasteiger partial charge in [-0.3, -0.25) is 9.78 Å². The Morgan fingerprint density at radius 3 is 2.67 bits per heavy atom. The van der Waals surface area contributed by atoms with E-state index < -0.39 is 5.41 Å². The van der Waals surface area contributed by atoms with Crippen molar-refractivity contribution >= 4 is 16.7 Å². The number of allylic oxidation sites excluding steroid dienone is 2. The number of aromatic nitrogens is 3. The molecule has 2 aliphatic carbocycles. The molecule has 0 amide bonds. The van der Waals surface area contributed by atoms with Gasteiger partial charge in [0.15, 0.2) is 11.6 Å². The Bertz CT molecular complexity index is 1630. The summed E-state index contributed by atoms with van der Waals surface area (Å²) in [6.07, 6.45) is 4.88. The fraction of sp³-hybridized carbons (Fsp3) is 0.233. The van der Waals surface area contributed by atoms with Gasteiger partial charge < -0.3 is 0 Å². The Morgan fingerprint density at radius 1 is 1.06 bits per heavy atom. The maximum absolute atomic E-state index is 15.1. The third-order valence-corrected chi connectivity index (χ3v) is 7.86. The number of hydrogen-bond acceptors (Lipinski definition) is 5. The van der Waals surface area contributed by atoms with Gasteiger partial charge in [-0.15, -0.1) is 0 Å². The molecule has 2 heterocycles. The van der Waals surface area contributed by atoms with Crippen molar-refractivity contribution in [2.75, 3.05) is 0 Å². The quantitative estimate of drug-likeness (QED) is 0.357. The van der Waals surface area contributed by atoms with Gasteiger partial charge in [-0.25, -0.2) is 14.4 Å². The summed E-state index contributed by atoms with van der Waals surface area (Å²) in [5, 5.41) is 10.6. The first-order chi connectivity index (χ1) is 17.4. The molecule has 4 aromatic rings. The molecule has 2 aromatic heterocycles. The molecule has 0 unspecified atom stereocenters. The van der Waals surface area contributed by atoms with Crippen LogP contribution in [0.5, 0.6) is 0 Å². The van der Waals surface area contributed by atoms with Gasteiger partial charge in [-0.1, -0.05) is 50.3 Å². The third-order valence-electron chi connectivity index (χ3n) is 7.86. The number of fused-ring (bicyclic) bond motifs is 4. The summed E-state index contributed by atoms with van der Waals surface area (Å²) < 4.78 is 15.1. The first-order valence-corrected chi connectivity index (χ1v) is 12.1. The molecular formula is C30H23FN4O. The molecule has 36 heavy (non-hydrogen) atoms. The minimum absolute atomic E-state index is 0.0139. The summed E-state index contributed by atoms with van der Waals surface area (Å²) in [7, 11) is 0. The van der Waals surface area contributed by atoms with E-state index in [2.05, 4.69) is 11.1 Å². The highest BCUT2D eigenvalue weighted by atomic mass is 19.1. The van der Waals surface area contributed by atoms with Crippen molar-refractivity contribution in [2.24, 2.45) is 11.8 Å². The molecular weight excluding hydrogens is 451 g/mol. The topological polar surface area (TPSA) is 79.5 Å². The van der Waals surface area contributed by atoms with Crippen LogP contribution in [-0.4, -0.2) is 20.7 Å². The number of rotatable bonds is 2. The average molecular weight is 475 g/mol. The molecule has 3 atom stereocenters. The smallest absolute Gasteiger partial charge is 0.176 e. The van der Waals surface area contributed by atoms with Crippen molar-refractivity contribution in [3.63, 3.8) is 0 Å². The predicted molar refractivity (Wildman–Crippen MR) is 135 cm³/mol. The van der Waals surface area contributed by atoms with E-state index in [9.17, 15) is 10.1 Å². The number of nitrogens with zero attached hydrogens (tertiary/aromatic N) is 4. The van der Waals surface area contributed by atoms with Crippen molar-refractivity contribution in [1.29, 1.82) is 5.26 Å². The SMILES string of the molecule is C[C@H]1C(=O)C(C#N)=C[C@@]2(C)c3nc(-c4cccc5ncccc45)nc(-c4ccccc4F)c3CC[C@H]12. The van der Waals surface area contributed by atoms with Crippen molar-refractivity contribution in [3.8, 4) is 28.7 Å². The van der Waals surface area contributed by atoms with Crippen LogP contribution in [0.15, 0.2) is 72.4 Å². The van der Waals surface area contributed by atoms with Crippen molar-refractivity contribution < 1.29 is 9.18 Å². The van der Waals surface area contributed by atoms with Gasteiger partial charge in [0.2, 0.25) is 0 Å². The summed E-state index contributed by atoms with van der Waals surface area (Å²) in [6, 6.07) is 18.4. The van der Waals surface area contributed by atoms with E-state index in [1.54, 1.807) is 30.5 Å². The summed E-state index contributed by atoms with van der Waals surface area (Å²) in [5.74, 6) is -0.312. The van der Waals surface area contributed by atoms with Gasteiger partial charge in [0.05, 0.1) is 22.5 Å². The number of ketones is 1. The van der Waals surface area contributed by atoms with Crippen LogP contribution in [-0.2, 0) is 16.6 Å². The number of nitriles is 1. The highest BCUT2D eigenvalue weighted by molar-refractivity contribution is 6.02. The predicted octanol–water partition coefficient (Wildman–Crippen LogP) is 5.99. The van der Waals surface area contributed by atoms with Crippen LogP contribution in [0.3, 0.4) is 0 Å². The van der Waals surface area contributed by atoms with Crippen LogP contribution in [0.2, 0.25) is 0 Å². The zero-order valence-corrected chi connectivity index (χ0v) is 20.0. The molecule has 0 spiro atoms. The van der Waals surface area contributed by atoms with E-state index >= 15 is 4.39 Å². The Balaban J connectivity index is 1.70.